The van der Waals surface area contributed by atoms with Gasteiger partial charge in [0.1, 0.15) is 0 Å². The second-order valence-corrected chi connectivity index (χ2v) is 4.36. The van der Waals surface area contributed by atoms with Crippen LogP contribution in [0.3, 0.4) is 0 Å². The van der Waals surface area contributed by atoms with Gasteiger partial charge in [-0.15, -0.1) is 0 Å². The fourth-order valence-corrected chi connectivity index (χ4v) is 2.39. The Balaban J connectivity index is 3.86. The Morgan fingerprint density at radius 1 is 1.11 bits per heavy atom. The smallest absolute Gasteiger partial charge is 0.196 e. The van der Waals surface area contributed by atoms with Gasteiger partial charge in [0.2, 0.25) is 0 Å². The van der Waals surface area contributed by atoms with Crippen LogP contribution in [0.2, 0.25) is 0 Å². The molecular weight excluding hydrogens is 224 g/mol. The first kappa shape index (κ1) is 13.5. The molecule has 0 aliphatic heterocycles. The van der Waals surface area contributed by atoms with E-state index in [0.29, 0.717) is 5.57 Å². The van der Waals surface area contributed by atoms with Gasteiger partial charge in [0.15, 0.2) is 10.8 Å². The van der Waals surface area contributed by atoms with Crippen LogP contribution in [-0.2, 0) is 0 Å². The zero-order valence-corrected chi connectivity index (χ0v) is 10.5. The van der Waals surface area contributed by atoms with Gasteiger partial charge in [-0.2, -0.15) is 21.0 Å². The molecule has 0 N–H and O–H groups in total. The molecule has 1 atom stereocenters. The van der Waals surface area contributed by atoms with Crippen molar-refractivity contribution in [1.82, 2.24) is 0 Å². The van der Waals surface area contributed by atoms with E-state index >= 15 is 0 Å². The molecule has 18 heavy (non-hydrogen) atoms. The van der Waals surface area contributed by atoms with Gasteiger partial charge in [0, 0.05) is 5.92 Å². The third-order valence-corrected chi connectivity index (χ3v) is 3.74. The average molecular weight is 236 g/mol. The van der Waals surface area contributed by atoms with E-state index in [1.165, 1.54) is 0 Å². The molecule has 0 saturated carbocycles. The predicted molar refractivity (Wildman–Crippen MR) is 64.0 cm³/mol. The molecule has 1 rings (SSSR count). The van der Waals surface area contributed by atoms with Gasteiger partial charge in [-0.3, -0.25) is 0 Å². The highest BCUT2D eigenvalue weighted by atomic mass is 14.6. The van der Waals surface area contributed by atoms with Crippen LogP contribution in [-0.4, -0.2) is 0 Å². The van der Waals surface area contributed by atoms with Crippen LogP contribution < -0.4 is 0 Å². The van der Waals surface area contributed by atoms with Crippen LogP contribution in [0.1, 0.15) is 20.8 Å². The van der Waals surface area contributed by atoms with Crippen molar-refractivity contribution in [2.45, 2.75) is 20.8 Å². The summed E-state index contributed by atoms with van der Waals surface area (Å²) in [5.74, 6) is -0.463. The van der Waals surface area contributed by atoms with Crippen LogP contribution in [0.15, 0.2) is 23.3 Å². The minimum atomic E-state index is -1.73. The standard InChI is InChI=1S/C14H12N4/c1-4-12-5-10(2)11(3)13(6-15,7-16)14(12,8-17)9-18/h4-5,11H,1-3H3/b12-4+. The fourth-order valence-electron chi connectivity index (χ4n) is 2.39. The second kappa shape index (κ2) is 4.37. The first-order valence-corrected chi connectivity index (χ1v) is 5.49. The molecule has 88 valence electrons. The summed E-state index contributed by atoms with van der Waals surface area (Å²) in [5, 5.41) is 37.6. The van der Waals surface area contributed by atoms with Crippen LogP contribution >= 0.6 is 0 Å². The van der Waals surface area contributed by atoms with Crippen molar-refractivity contribution in [3.63, 3.8) is 0 Å². The highest BCUT2D eigenvalue weighted by Gasteiger charge is 2.61. The van der Waals surface area contributed by atoms with E-state index in [-0.39, 0.29) is 0 Å². The van der Waals surface area contributed by atoms with E-state index in [2.05, 4.69) is 0 Å². The highest BCUT2D eigenvalue weighted by Crippen LogP contribution is 2.54. The lowest BCUT2D eigenvalue weighted by molar-refractivity contribution is 0.257. The van der Waals surface area contributed by atoms with Crippen LogP contribution in [0.4, 0.5) is 0 Å². The minimum absolute atomic E-state index is 0.422. The van der Waals surface area contributed by atoms with Gasteiger partial charge >= 0.3 is 0 Å². The topological polar surface area (TPSA) is 95.2 Å². The predicted octanol–water partition coefficient (Wildman–Crippen LogP) is 2.60. The van der Waals surface area contributed by atoms with Crippen LogP contribution in [0.25, 0.3) is 0 Å². The Hall–Kier alpha value is -2.56. The summed E-state index contributed by atoms with van der Waals surface area (Å²) in [6.45, 7) is 5.20. The molecule has 4 heteroatoms. The Morgan fingerprint density at radius 3 is 1.94 bits per heavy atom. The Labute approximate surface area is 107 Å². The molecule has 0 amide bonds. The fraction of sp³-hybridized carbons (Fsp3) is 0.429. The zero-order chi connectivity index (χ0) is 14.0. The lowest BCUT2D eigenvalue weighted by atomic mass is 9.52. The van der Waals surface area contributed by atoms with Gasteiger partial charge in [-0.1, -0.05) is 24.6 Å². The molecule has 0 radical (unpaired) electrons. The number of nitriles is 4. The zero-order valence-electron chi connectivity index (χ0n) is 10.5. The lowest BCUT2D eigenvalue weighted by Crippen LogP contribution is -2.47. The molecule has 0 bridgehead atoms. The lowest BCUT2D eigenvalue weighted by Gasteiger charge is -2.41. The first-order chi connectivity index (χ1) is 8.49. The van der Waals surface area contributed by atoms with Crippen molar-refractivity contribution in [2.24, 2.45) is 16.7 Å². The first-order valence-electron chi connectivity index (χ1n) is 5.49. The average Bonchev–Trinajstić information content (AvgIpc) is 2.41. The van der Waals surface area contributed by atoms with Crippen molar-refractivity contribution < 1.29 is 0 Å². The second-order valence-electron chi connectivity index (χ2n) is 4.36. The maximum absolute atomic E-state index is 9.41. The Bertz CT molecular complexity index is 568. The maximum Gasteiger partial charge on any atom is 0.200 e. The van der Waals surface area contributed by atoms with E-state index < -0.39 is 16.7 Å². The molecule has 1 unspecified atom stereocenters. The summed E-state index contributed by atoms with van der Waals surface area (Å²) in [7, 11) is 0. The molecule has 0 aromatic carbocycles. The molecule has 4 nitrogen and oxygen atoms in total. The summed E-state index contributed by atoms with van der Waals surface area (Å²) in [4.78, 5) is 0. The summed E-state index contributed by atoms with van der Waals surface area (Å²) in [5.41, 5.74) is -2.15. The number of rotatable bonds is 0. The SMILES string of the molecule is C/C=C1\C=C(C)C(C)C(C#N)(C#N)C1(C#N)C#N. The van der Waals surface area contributed by atoms with E-state index in [1.54, 1.807) is 32.9 Å². The van der Waals surface area contributed by atoms with Crippen LogP contribution in [0.5, 0.6) is 0 Å². The molecule has 0 aromatic rings. The summed E-state index contributed by atoms with van der Waals surface area (Å²) in [6.07, 6.45) is 3.34. The Kier molecular flexibility index (Phi) is 3.28. The van der Waals surface area contributed by atoms with E-state index in [9.17, 15) is 21.0 Å². The van der Waals surface area contributed by atoms with Crippen molar-refractivity contribution in [1.29, 1.82) is 21.0 Å². The van der Waals surface area contributed by atoms with E-state index in [4.69, 9.17) is 0 Å². The van der Waals surface area contributed by atoms with Gasteiger partial charge < -0.3 is 0 Å². The summed E-state index contributed by atoms with van der Waals surface area (Å²) >= 11 is 0. The van der Waals surface area contributed by atoms with Crippen LogP contribution in [0, 0.1) is 62.1 Å². The number of nitrogens with zero attached hydrogens (tertiary/aromatic N) is 4. The largest absolute Gasteiger partial charge is 0.200 e. The quantitative estimate of drug-likeness (QED) is 0.645. The number of hydrogen-bond acceptors (Lipinski definition) is 4. The van der Waals surface area contributed by atoms with Gasteiger partial charge in [-0.05, 0) is 19.4 Å². The van der Waals surface area contributed by atoms with E-state index in [0.717, 1.165) is 5.57 Å². The van der Waals surface area contributed by atoms with Crippen molar-refractivity contribution >= 4 is 0 Å². The monoisotopic (exact) mass is 236 g/mol. The normalized spacial score (nSPS) is 26.1. The highest BCUT2D eigenvalue weighted by molar-refractivity contribution is 5.54. The maximum atomic E-state index is 9.41. The van der Waals surface area contributed by atoms with Gasteiger partial charge in [0.05, 0.1) is 24.3 Å². The third-order valence-electron chi connectivity index (χ3n) is 3.74. The molecule has 0 aromatic heterocycles. The molecule has 0 fully saturated rings. The molecule has 1 aliphatic rings. The van der Waals surface area contributed by atoms with E-state index in [1.807, 2.05) is 24.3 Å². The molecule has 0 spiro atoms. The third kappa shape index (κ3) is 1.27. The number of allylic oxidation sites excluding steroid dienone is 4. The minimum Gasteiger partial charge on any atom is -0.196 e. The molecule has 0 saturated heterocycles. The number of hydrogen-bond donors (Lipinski definition) is 0. The molecule has 1 aliphatic carbocycles. The van der Waals surface area contributed by atoms with Crippen molar-refractivity contribution in [3.8, 4) is 24.3 Å². The summed E-state index contributed by atoms with van der Waals surface area (Å²) < 4.78 is 0. The van der Waals surface area contributed by atoms with Gasteiger partial charge in [-0.25, -0.2) is 0 Å². The molecular formula is C14H12N4. The molecule has 0 heterocycles. The summed E-state index contributed by atoms with van der Waals surface area (Å²) in [6, 6.07) is 7.62. The van der Waals surface area contributed by atoms with Crippen molar-refractivity contribution in [3.05, 3.63) is 23.3 Å². The van der Waals surface area contributed by atoms with Gasteiger partial charge in [0.25, 0.3) is 0 Å². The van der Waals surface area contributed by atoms with Crippen molar-refractivity contribution in [2.75, 3.05) is 0 Å². The Morgan fingerprint density at radius 2 is 1.61 bits per heavy atom.